The van der Waals surface area contributed by atoms with Crippen LogP contribution in [0.1, 0.15) is 18.4 Å². The summed E-state index contributed by atoms with van der Waals surface area (Å²) in [5.41, 5.74) is 0.708. The minimum Gasteiger partial charge on any atom is -0.505 e. The lowest BCUT2D eigenvalue weighted by Gasteiger charge is -2.41. The van der Waals surface area contributed by atoms with Crippen LogP contribution in [-0.2, 0) is 30.1 Å². The van der Waals surface area contributed by atoms with Gasteiger partial charge in [0, 0.05) is 6.42 Å². The third-order valence-corrected chi connectivity index (χ3v) is 9.17. The molecule has 1 unspecified atom stereocenters. The van der Waals surface area contributed by atoms with Crippen molar-refractivity contribution in [2.45, 2.75) is 80.7 Å². The lowest BCUT2D eigenvalue weighted by molar-refractivity contribution is -0.309. The first-order valence-corrected chi connectivity index (χ1v) is 15.8. The number of aliphatic hydroxyl groups is 9. The van der Waals surface area contributed by atoms with Gasteiger partial charge >= 0.3 is 0 Å². The number of allylic oxidation sites excluding steroid dienone is 3. The first kappa shape index (κ1) is 38.2. The van der Waals surface area contributed by atoms with Crippen LogP contribution in [0.5, 0.6) is 11.5 Å². The molecule has 2 fully saturated rings. The Bertz CT molecular complexity index is 1220. The summed E-state index contributed by atoms with van der Waals surface area (Å²) in [6, 6.07) is 4.78. The summed E-state index contributed by atoms with van der Waals surface area (Å²) in [4.78, 5) is 0. The normalized spacial score (nSPS) is 35.3. The standard InChI is InChI=1S/C32H48O16/c1-43-21-9-15(3-5-19(21)35)7-17(13-45-31-29(41)27(39)25(37)23(11-33)47-31)18(8-16-4-6-20(36)22(10-16)44-2)14-46-32-30(42)28(40)26(38)24(12-34)48-32/h3-6,9,16-18,23-42H,7-8,10-14H2,1-2H3/t16?,17-,18-,23-,24-,25-,26-,27+,28+,29-,30-,31-,32-/m1/s1. The van der Waals surface area contributed by atoms with Gasteiger partial charge in [0.15, 0.2) is 29.8 Å². The van der Waals surface area contributed by atoms with Crippen LogP contribution in [-0.4, -0.2) is 153 Å². The van der Waals surface area contributed by atoms with Crippen molar-refractivity contribution >= 4 is 0 Å². The van der Waals surface area contributed by atoms with Crippen molar-refractivity contribution in [2.24, 2.45) is 17.8 Å². The first-order chi connectivity index (χ1) is 22.9. The minimum atomic E-state index is -1.66. The van der Waals surface area contributed by atoms with Gasteiger partial charge in [-0.3, -0.25) is 0 Å². The second-order valence-corrected chi connectivity index (χ2v) is 12.4. The monoisotopic (exact) mass is 688 g/mol. The molecule has 0 spiro atoms. The van der Waals surface area contributed by atoms with Gasteiger partial charge in [-0.05, 0) is 54.4 Å². The maximum absolute atomic E-state index is 10.6. The van der Waals surface area contributed by atoms with Gasteiger partial charge < -0.3 is 79.5 Å². The van der Waals surface area contributed by atoms with E-state index in [1.165, 1.54) is 26.4 Å². The van der Waals surface area contributed by atoms with Crippen LogP contribution >= 0.6 is 0 Å². The fraction of sp³-hybridized carbons (Fsp3) is 0.688. The van der Waals surface area contributed by atoms with Gasteiger partial charge in [0.1, 0.15) is 54.6 Å². The molecule has 16 heteroatoms. The van der Waals surface area contributed by atoms with E-state index in [4.69, 9.17) is 28.4 Å². The highest BCUT2D eigenvalue weighted by Gasteiger charge is 2.46. The predicted molar refractivity (Wildman–Crippen MR) is 163 cm³/mol. The molecule has 0 bridgehead atoms. The quantitative estimate of drug-likeness (QED) is 0.0974. The Morgan fingerprint density at radius 1 is 0.750 bits per heavy atom. The van der Waals surface area contributed by atoms with Crippen molar-refractivity contribution in [3.05, 3.63) is 47.4 Å². The molecule has 2 saturated heterocycles. The molecule has 2 heterocycles. The fourth-order valence-corrected chi connectivity index (χ4v) is 6.23. The van der Waals surface area contributed by atoms with Crippen LogP contribution in [0.2, 0.25) is 0 Å². The summed E-state index contributed by atoms with van der Waals surface area (Å²) in [6.45, 7) is -1.55. The van der Waals surface area contributed by atoms with Crippen molar-refractivity contribution in [3.63, 3.8) is 0 Å². The molecule has 3 aliphatic rings. The average Bonchev–Trinajstić information content (AvgIpc) is 3.09. The van der Waals surface area contributed by atoms with E-state index in [1.54, 1.807) is 18.2 Å². The SMILES string of the molecule is COC1=C(O)C=CC(C[C@H](CO[C@@H]2O[C@H](CO)[C@@H](O)[C@H](O)[C@H]2O)[C@@H](CO[C@@H]2O[C@H](CO)[C@@H](O)[C@H](O)[C@H]2O)Cc2ccc(O)c(OC)c2)C1. The number of phenolic OH excluding ortho intramolecular Hbond substituents is 1. The molecule has 48 heavy (non-hydrogen) atoms. The molecule has 0 amide bonds. The highest BCUT2D eigenvalue weighted by molar-refractivity contribution is 5.41. The first-order valence-electron chi connectivity index (χ1n) is 15.8. The zero-order valence-electron chi connectivity index (χ0n) is 26.8. The molecule has 13 atom stereocenters. The molecule has 4 rings (SSSR count). The van der Waals surface area contributed by atoms with Gasteiger partial charge in [-0.25, -0.2) is 0 Å². The second-order valence-electron chi connectivity index (χ2n) is 12.4. The summed E-state index contributed by atoms with van der Waals surface area (Å²) >= 11 is 0. The summed E-state index contributed by atoms with van der Waals surface area (Å²) in [7, 11) is 2.85. The Hall–Kier alpha value is -2.58. The summed E-state index contributed by atoms with van der Waals surface area (Å²) in [5, 5.41) is 102. The second kappa shape index (κ2) is 17.4. The van der Waals surface area contributed by atoms with E-state index in [0.29, 0.717) is 24.2 Å². The number of ether oxygens (including phenoxy) is 6. The highest BCUT2D eigenvalue weighted by atomic mass is 16.7. The molecule has 16 nitrogen and oxygen atoms in total. The number of hydrogen-bond donors (Lipinski definition) is 10. The van der Waals surface area contributed by atoms with Gasteiger partial charge in [-0.2, -0.15) is 0 Å². The minimum absolute atomic E-state index is 0.0124. The number of rotatable bonds is 15. The molecular formula is C32H48O16. The Kier molecular flexibility index (Phi) is 13.8. The Morgan fingerprint density at radius 3 is 1.83 bits per heavy atom. The maximum atomic E-state index is 10.6. The van der Waals surface area contributed by atoms with E-state index in [9.17, 15) is 51.1 Å². The largest absolute Gasteiger partial charge is 0.505 e. The highest BCUT2D eigenvalue weighted by Crippen LogP contribution is 2.35. The maximum Gasteiger partial charge on any atom is 0.186 e. The van der Waals surface area contributed by atoms with Gasteiger partial charge in [0.05, 0.1) is 40.6 Å². The van der Waals surface area contributed by atoms with E-state index in [0.717, 1.165) is 0 Å². The number of methoxy groups -OCH3 is 2. The zero-order chi connectivity index (χ0) is 35.1. The summed E-state index contributed by atoms with van der Waals surface area (Å²) in [5.74, 6) is -0.677. The molecule has 0 aromatic heterocycles. The zero-order valence-corrected chi connectivity index (χ0v) is 26.8. The number of aliphatic hydroxyl groups excluding tert-OH is 9. The van der Waals surface area contributed by atoms with Crippen LogP contribution in [0.25, 0.3) is 0 Å². The van der Waals surface area contributed by atoms with Gasteiger partial charge in [0.25, 0.3) is 0 Å². The number of benzene rings is 1. The van der Waals surface area contributed by atoms with Crippen LogP contribution in [0.4, 0.5) is 0 Å². The molecular weight excluding hydrogens is 640 g/mol. The van der Waals surface area contributed by atoms with E-state index in [2.05, 4.69) is 0 Å². The number of phenols is 1. The van der Waals surface area contributed by atoms with Crippen molar-refractivity contribution in [2.75, 3.05) is 40.6 Å². The summed E-state index contributed by atoms with van der Waals surface area (Å²) < 4.78 is 33.8. The average molecular weight is 689 g/mol. The van der Waals surface area contributed by atoms with Crippen LogP contribution in [0.15, 0.2) is 41.9 Å². The topological polar surface area (TPSA) is 258 Å². The smallest absolute Gasteiger partial charge is 0.186 e. The Labute approximate surface area is 277 Å². The molecule has 10 N–H and O–H groups in total. The molecule has 0 radical (unpaired) electrons. The number of aromatic hydroxyl groups is 1. The van der Waals surface area contributed by atoms with E-state index in [1.807, 2.05) is 0 Å². The van der Waals surface area contributed by atoms with Crippen molar-refractivity contribution in [3.8, 4) is 11.5 Å². The molecule has 1 aromatic carbocycles. The third-order valence-electron chi connectivity index (χ3n) is 9.17. The number of hydrogen-bond acceptors (Lipinski definition) is 16. The molecule has 2 aliphatic heterocycles. The van der Waals surface area contributed by atoms with E-state index < -0.39 is 86.5 Å². The van der Waals surface area contributed by atoms with Crippen LogP contribution in [0.3, 0.4) is 0 Å². The molecule has 272 valence electrons. The van der Waals surface area contributed by atoms with Gasteiger partial charge in [-0.15, -0.1) is 0 Å². The fourth-order valence-electron chi connectivity index (χ4n) is 6.23. The Balaban J connectivity index is 1.63. The van der Waals surface area contributed by atoms with Crippen molar-refractivity contribution < 1.29 is 79.5 Å². The lowest BCUT2D eigenvalue weighted by atomic mass is 9.79. The molecule has 0 saturated carbocycles. The van der Waals surface area contributed by atoms with Crippen LogP contribution in [0, 0.1) is 17.8 Å². The lowest BCUT2D eigenvalue weighted by Crippen LogP contribution is -2.59. The van der Waals surface area contributed by atoms with E-state index in [-0.39, 0.29) is 42.8 Å². The third kappa shape index (κ3) is 8.95. The molecule has 1 aromatic rings. The van der Waals surface area contributed by atoms with E-state index >= 15 is 0 Å². The Morgan fingerprint density at radius 2 is 1.31 bits per heavy atom. The van der Waals surface area contributed by atoms with Gasteiger partial charge in [0.2, 0.25) is 0 Å². The van der Waals surface area contributed by atoms with Crippen molar-refractivity contribution in [1.29, 1.82) is 0 Å². The predicted octanol–water partition coefficient (Wildman–Crippen LogP) is -1.81. The van der Waals surface area contributed by atoms with Crippen molar-refractivity contribution in [1.82, 2.24) is 0 Å². The molecule has 1 aliphatic carbocycles. The van der Waals surface area contributed by atoms with Gasteiger partial charge in [-0.1, -0.05) is 12.1 Å². The summed E-state index contributed by atoms with van der Waals surface area (Å²) in [6.07, 6.45) is -10.7. The van der Waals surface area contributed by atoms with Crippen LogP contribution < -0.4 is 4.74 Å².